The average Bonchev–Trinajstić information content (AvgIpc) is 1.59. The van der Waals surface area contributed by atoms with Crippen molar-refractivity contribution in [2.75, 3.05) is 86.1 Å². The number of nitriles is 2. The van der Waals surface area contributed by atoms with Crippen molar-refractivity contribution in [1.82, 2.24) is 58.9 Å². The van der Waals surface area contributed by atoms with E-state index in [-0.39, 0.29) is 43.5 Å². The Morgan fingerprint density at radius 2 is 1.04 bits per heavy atom. The van der Waals surface area contributed by atoms with Crippen molar-refractivity contribution >= 4 is 86.1 Å². The van der Waals surface area contributed by atoms with E-state index in [9.17, 15) is 28.9 Å². The van der Waals surface area contributed by atoms with Gasteiger partial charge in [0.2, 0.25) is 11.9 Å². The van der Waals surface area contributed by atoms with E-state index >= 15 is 0 Å². The number of piperidine rings is 4. The lowest BCUT2D eigenvalue weighted by molar-refractivity contribution is -0.123. The number of amides is 1. The fourth-order valence-electron chi connectivity index (χ4n) is 13.1. The zero-order chi connectivity index (χ0) is 72.9. The molecular formula is C76H89F2N19O5S2. The number of carboxylic acid groups (broad SMARTS) is 1. The number of hydrogen-bond donors (Lipinski definition) is 3. The summed E-state index contributed by atoms with van der Waals surface area (Å²) in [7, 11) is 3.85. The van der Waals surface area contributed by atoms with Gasteiger partial charge in [-0.2, -0.15) is 10.5 Å². The molecule has 4 saturated heterocycles. The number of thiazole rings is 2. The van der Waals surface area contributed by atoms with Gasteiger partial charge in [-0.25, -0.2) is 53.4 Å². The van der Waals surface area contributed by atoms with Crippen molar-refractivity contribution in [3.8, 4) is 56.9 Å². The van der Waals surface area contributed by atoms with E-state index in [1.165, 1.54) is 92.1 Å². The van der Waals surface area contributed by atoms with Gasteiger partial charge in [-0.05, 0) is 176 Å². The number of fused-ring (bicyclic) bond motifs is 2. The summed E-state index contributed by atoms with van der Waals surface area (Å²) < 4.78 is 36.4. The standard InChI is InChI=1S/C35H38FN9S.C29H25FN8OS.C10H20N2O2.CH2O2.CH4/c1-3-29-33(43(2)35-42-32(30(19-37)46-35)25-4-7-28(36)8-5-25)45-22-26(6-9-31(45)41-29)27-20-39-34(40-21-27)44-16-12-24(13-17-44)18-23-10-14-38-15-11-23;1-3-23-27(36(2)29-35-26(24(14-31)40-29)18-4-7-21(30)8-5-18)38-17-19(6-9-25(38)34-23)20-15-32-28(33-16-20)37-12-10-22(39)11-13-37;1-10(2,3)14-9(13)12-6-4-8(11)5-7-12;2-1-3;/h4-9,20-24,38H,3,10-18H2,1-2H3;4-9,15-17H,3,10-13H2,1-2H3;8H,4-7,11H2,1-3H3;1H,(H,2,3);1H4. The summed E-state index contributed by atoms with van der Waals surface area (Å²) in [6, 6.07) is 24.8. The minimum absolute atomic E-state index is 0. The van der Waals surface area contributed by atoms with Gasteiger partial charge in [-0.15, -0.1) is 0 Å². The molecule has 0 atom stereocenters. The molecule has 14 rings (SSSR count). The lowest BCUT2D eigenvalue weighted by Crippen LogP contribution is -2.44. The van der Waals surface area contributed by atoms with E-state index in [1.807, 2.05) is 97.7 Å². The molecule has 24 nitrogen and oxygen atoms in total. The van der Waals surface area contributed by atoms with Crippen LogP contribution in [0.4, 0.5) is 47.4 Å². The second-order valence-corrected chi connectivity index (χ2v) is 28.8. The SMILES string of the molecule is C.CC(C)(C)OC(=O)N1CCC(N)CC1.CCc1nc2ccc(-c3cnc(N4CCC(=O)CC4)nc3)cn2c1N(C)c1nc(-c2ccc(F)cc2)c(C#N)s1.CCc1nc2ccc(-c3cnc(N4CCC(CC5CCNCC5)CC4)nc3)cn2c1N(C)c1nc(-c2ccc(F)cc2)c(C#N)s1.O=CO. The number of imidazole rings is 2. The number of carbonyl (C=O) groups excluding carboxylic acids is 2. The number of hydrogen-bond acceptors (Lipinski definition) is 22. The molecule has 0 aliphatic carbocycles. The summed E-state index contributed by atoms with van der Waals surface area (Å²) in [6.45, 7) is 16.6. The number of aromatic nitrogens is 10. The largest absolute Gasteiger partial charge is 0.483 e. The van der Waals surface area contributed by atoms with Crippen molar-refractivity contribution in [1.29, 1.82) is 10.5 Å². The molecule has 0 spiro atoms. The number of anilines is 6. The average molecular weight is 1450 g/mol. The lowest BCUT2D eigenvalue weighted by atomic mass is 9.83. The van der Waals surface area contributed by atoms with Crippen LogP contribution in [0.25, 0.3) is 56.1 Å². The Kier molecular flexibility index (Phi) is 25.5. The van der Waals surface area contributed by atoms with Crippen LogP contribution in [0.1, 0.15) is 121 Å². The third kappa shape index (κ3) is 18.3. The number of ketones is 1. The van der Waals surface area contributed by atoms with Crippen molar-refractivity contribution in [3.05, 3.63) is 143 Å². The Morgan fingerprint density at radius 3 is 1.44 bits per heavy atom. The topological polar surface area (TPSA) is 294 Å². The number of Topliss-reactive ketones (excluding diaryl/α,β-unsaturated/α-hetero) is 1. The van der Waals surface area contributed by atoms with E-state index in [0.29, 0.717) is 80.8 Å². The first-order valence-corrected chi connectivity index (χ1v) is 36.4. The van der Waals surface area contributed by atoms with Gasteiger partial charge in [-0.3, -0.25) is 18.4 Å². The molecule has 8 aromatic heterocycles. The summed E-state index contributed by atoms with van der Waals surface area (Å²) in [4.78, 5) is 80.5. The number of ether oxygens (including phenoxy) is 1. The summed E-state index contributed by atoms with van der Waals surface area (Å²) in [5, 5.41) is 31.3. The van der Waals surface area contributed by atoms with Crippen LogP contribution < -0.4 is 30.7 Å². The zero-order valence-corrected chi connectivity index (χ0v) is 60.6. The molecule has 4 aliphatic rings. The third-order valence-electron chi connectivity index (χ3n) is 18.6. The van der Waals surface area contributed by atoms with Crippen molar-refractivity contribution < 1.29 is 33.0 Å². The van der Waals surface area contributed by atoms with Crippen LogP contribution in [-0.4, -0.2) is 155 Å². The fraction of sp³-hybridized carbons (Fsp3) is 0.408. The van der Waals surface area contributed by atoms with Crippen LogP contribution in [0.3, 0.4) is 0 Å². The summed E-state index contributed by atoms with van der Waals surface area (Å²) in [6.07, 6.45) is 21.9. The van der Waals surface area contributed by atoms with Crippen LogP contribution in [0.15, 0.2) is 110 Å². The Morgan fingerprint density at radius 1 is 0.635 bits per heavy atom. The van der Waals surface area contributed by atoms with Crippen LogP contribution in [-0.2, 0) is 27.2 Å². The number of nitrogens with zero attached hydrogens (tertiary/aromatic N) is 17. The molecule has 0 unspecified atom stereocenters. The molecule has 4 aliphatic heterocycles. The highest BCUT2D eigenvalue weighted by atomic mass is 32.1. The predicted octanol–water partition coefficient (Wildman–Crippen LogP) is 14.0. The van der Waals surface area contributed by atoms with Gasteiger partial charge in [-0.1, -0.05) is 43.9 Å². The minimum atomic E-state index is -0.406. The third-order valence-corrected chi connectivity index (χ3v) is 20.7. The number of benzene rings is 2. The van der Waals surface area contributed by atoms with Gasteiger partial charge in [0, 0.05) is 143 Å². The van der Waals surface area contributed by atoms with E-state index in [0.717, 1.165) is 120 Å². The lowest BCUT2D eigenvalue weighted by Gasteiger charge is -2.34. The molecular weight excluding hydrogens is 1360 g/mol. The predicted molar refractivity (Wildman–Crippen MR) is 404 cm³/mol. The summed E-state index contributed by atoms with van der Waals surface area (Å²) in [5.74, 6) is 4.46. The second kappa shape index (κ2) is 34.7. The van der Waals surface area contributed by atoms with Gasteiger partial charge in [0.05, 0.1) is 11.4 Å². The number of pyridine rings is 2. The number of nitrogens with one attached hydrogen (secondary N) is 1. The number of aryl methyl sites for hydroxylation is 2. The number of likely N-dealkylation sites (tertiary alicyclic amines) is 1. The second-order valence-electron chi connectivity index (χ2n) is 26.8. The van der Waals surface area contributed by atoms with E-state index in [2.05, 4.69) is 55.9 Å². The van der Waals surface area contributed by atoms with Gasteiger partial charge >= 0.3 is 6.09 Å². The van der Waals surface area contributed by atoms with E-state index in [4.69, 9.17) is 50.3 Å². The first kappa shape index (κ1) is 76.3. The van der Waals surface area contributed by atoms with E-state index < -0.39 is 5.60 Å². The number of halogens is 2. The van der Waals surface area contributed by atoms with Crippen molar-refractivity contribution in [2.24, 2.45) is 17.6 Å². The summed E-state index contributed by atoms with van der Waals surface area (Å²) >= 11 is 2.59. The molecule has 0 bridgehead atoms. The van der Waals surface area contributed by atoms with Gasteiger partial charge in [0.15, 0.2) is 10.3 Å². The highest BCUT2D eigenvalue weighted by Crippen LogP contribution is 2.40. The molecule has 28 heteroatoms. The molecule has 2 aromatic carbocycles. The maximum Gasteiger partial charge on any atom is 0.410 e. The van der Waals surface area contributed by atoms with Gasteiger partial charge < -0.3 is 45.4 Å². The molecule has 4 N–H and O–H groups in total. The maximum absolute atomic E-state index is 13.6. The normalized spacial score (nSPS) is 15.1. The van der Waals surface area contributed by atoms with Gasteiger partial charge in [0.1, 0.15) is 79.2 Å². The zero-order valence-electron chi connectivity index (χ0n) is 59.0. The number of nitrogens with two attached hydrogens (primary N) is 1. The Bertz CT molecular complexity index is 4630. The highest BCUT2D eigenvalue weighted by molar-refractivity contribution is 7.17. The quantitative estimate of drug-likeness (QED) is 0.0852. The number of carbonyl (C=O) groups is 3. The Hall–Kier alpha value is -10.4. The molecule has 104 heavy (non-hydrogen) atoms. The summed E-state index contributed by atoms with van der Waals surface area (Å²) in [5.41, 5.74) is 14.9. The molecule has 4 fully saturated rings. The number of rotatable bonds is 14. The molecule has 1 amide bonds. The van der Waals surface area contributed by atoms with Crippen LogP contribution in [0.5, 0.6) is 0 Å². The smallest absolute Gasteiger partial charge is 0.410 e. The Labute approximate surface area is 612 Å². The van der Waals surface area contributed by atoms with Crippen LogP contribution in [0, 0.1) is 46.1 Å². The first-order valence-electron chi connectivity index (χ1n) is 34.8. The highest BCUT2D eigenvalue weighted by Gasteiger charge is 2.29. The Balaban J connectivity index is 0.000000182. The molecule has 544 valence electrons. The first-order chi connectivity index (χ1) is 49.7. The molecule has 12 heterocycles. The van der Waals surface area contributed by atoms with Crippen LogP contribution >= 0.6 is 22.7 Å². The van der Waals surface area contributed by atoms with Gasteiger partial charge in [0.25, 0.3) is 6.47 Å². The maximum atomic E-state index is 13.6. The molecule has 0 saturated carbocycles. The van der Waals surface area contributed by atoms with E-state index in [1.54, 1.807) is 41.6 Å². The fourth-order valence-corrected chi connectivity index (χ4v) is 14.8. The van der Waals surface area contributed by atoms with Crippen LogP contribution in [0.2, 0.25) is 0 Å². The monoisotopic (exact) mass is 1450 g/mol. The minimum Gasteiger partial charge on any atom is -0.483 e. The molecule has 0 radical (unpaired) electrons. The molecule has 10 aromatic rings. The van der Waals surface area contributed by atoms with Crippen molar-refractivity contribution in [2.45, 2.75) is 124 Å². The van der Waals surface area contributed by atoms with Crippen molar-refractivity contribution in [3.63, 3.8) is 0 Å².